The zero-order valence-corrected chi connectivity index (χ0v) is 22.8. The summed E-state index contributed by atoms with van der Waals surface area (Å²) in [4.78, 5) is 0. The van der Waals surface area contributed by atoms with Crippen molar-refractivity contribution in [3.05, 3.63) is 0 Å². The van der Waals surface area contributed by atoms with Gasteiger partial charge in [0, 0.05) is 19.8 Å². The lowest BCUT2D eigenvalue weighted by atomic mass is 9.96. The summed E-state index contributed by atoms with van der Waals surface area (Å²) in [6.45, 7) is 0.593. The molecule has 0 saturated carbocycles. The molecule has 2 heterocycles. The SMILES string of the molecule is OC[C@H]1NC[C@H](O)[C@@H](O)[C@@H]1OCCCCCCCCCCCCCCCO[C@H]1O[C@H](CO)[C@@H](O)[C@H](O)[C@H]1O. The number of ether oxygens (including phenoxy) is 3. The van der Waals surface area contributed by atoms with Crippen LogP contribution in [0.1, 0.15) is 83.5 Å². The Morgan fingerprint density at radius 2 is 1.08 bits per heavy atom. The standard InChI is InChI=1S/C27H53NO10/c29-17-19-26(22(32)20(31)16-28-19)36-14-12-10-8-6-4-2-1-3-5-7-9-11-13-15-37-27-25(35)24(34)23(33)21(18-30)38-27/h19-35H,1-18H2/t19-,20+,21-,22-,23-,24+,25-,26-,27+/m1/s1. The Kier molecular flexibility index (Phi) is 17.4. The average molecular weight is 552 g/mol. The number of aliphatic hydroxyl groups excluding tert-OH is 7. The summed E-state index contributed by atoms with van der Waals surface area (Å²) in [5.41, 5.74) is 0. The third-order valence-electron chi connectivity index (χ3n) is 7.64. The molecule has 11 heteroatoms. The van der Waals surface area contributed by atoms with Crippen molar-refractivity contribution in [2.75, 3.05) is 33.0 Å². The molecule has 0 aliphatic carbocycles. The molecular formula is C27H53NO10. The van der Waals surface area contributed by atoms with Crippen LogP contribution in [0.3, 0.4) is 0 Å². The summed E-state index contributed by atoms with van der Waals surface area (Å²) in [6.07, 6.45) is 6.20. The monoisotopic (exact) mass is 551 g/mol. The van der Waals surface area contributed by atoms with Crippen molar-refractivity contribution in [3.8, 4) is 0 Å². The van der Waals surface area contributed by atoms with Gasteiger partial charge in [0.25, 0.3) is 0 Å². The van der Waals surface area contributed by atoms with E-state index in [2.05, 4.69) is 5.32 Å². The van der Waals surface area contributed by atoms with Crippen LogP contribution in [-0.2, 0) is 14.2 Å². The van der Waals surface area contributed by atoms with Crippen molar-refractivity contribution in [1.82, 2.24) is 5.32 Å². The maximum absolute atomic E-state index is 10.1. The van der Waals surface area contributed by atoms with Crippen molar-refractivity contribution in [3.63, 3.8) is 0 Å². The molecule has 9 atom stereocenters. The average Bonchev–Trinajstić information content (AvgIpc) is 2.92. The lowest BCUT2D eigenvalue weighted by Gasteiger charge is -2.39. The van der Waals surface area contributed by atoms with E-state index in [0.717, 1.165) is 38.5 Å². The van der Waals surface area contributed by atoms with E-state index < -0.39 is 55.6 Å². The number of hydrogen-bond acceptors (Lipinski definition) is 11. The normalized spacial score (nSPS) is 34.0. The van der Waals surface area contributed by atoms with Crippen molar-refractivity contribution in [2.45, 2.75) is 139 Å². The van der Waals surface area contributed by atoms with Gasteiger partial charge in [-0.3, -0.25) is 0 Å². The Bertz CT molecular complexity index is 584. The minimum absolute atomic E-state index is 0.127. The maximum atomic E-state index is 10.1. The summed E-state index contributed by atoms with van der Waals surface area (Å²) in [5.74, 6) is 0. The summed E-state index contributed by atoms with van der Waals surface area (Å²) in [7, 11) is 0. The predicted octanol–water partition coefficient (Wildman–Crippen LogP) is -0.0547. The van der Waals surface area contributed by atoms with Crippen LogP contribution in [0.5, 0.6) is 0 Å². The molecule has 0 amide bonds. The van der Waals surface area contributed by atoms with Gasteiger partial charge in [0.2, 0.25) is 0 Å². The van der Waals surface area contributed by atoms with Gasteiger partial charge in [-0.1, -0.05) is 70.6 Å². The quantitative estimate of drug-likeness (QED) is 0.0950. The fraction of sp³-hybridized carbons (Fsp3) is 1.00. The Morgan fingerprint density at radius 3 is 1.58 bits per heavy atom. The molecule has 2 aliphatic rings. The van der Waals surface area contributed by atoms with Crippen molar-refractivity contribution in [2.24, 2.45) is 0 Å². The van der Waals surface area contributed by atoms with Gasteiger partial charge < -0.3 is 55.3 Å². The second kappa shape index (κ2) is 19.6. The highest BCUT2D eigenvalue weighted by atomic mass is 16.7. The molecule has 0 unspecified atom stereocenters. The van der Waals surface area contributed by atoms with Crippen LogP contribution in [0.2, 0.25) is 0 Å². The first-order valence-electron chi connectivity index (χ1n) is 14.6. The van der Waals surface area contributed by atoms with Crippen LogP contribution >= 0.6 is 0 Å². The fourth-order valence-corrected chi connectivity index (χ4v) is 5.12. The van der Waals surface area contributed by atoms with Crippen molar-refractivity contribution >= 4 is 0 Å². The molecule has 0 bridgehead atoms. The number of rotatable bonds is 20. The Hall–Kier alpha value is -0.440. The number of β-amino-alcohol motifs (C(OH)–C–C–N with tert-alkyl or cyclic N) is 1. The van der Waals surface area contributed by atoms with E-state index in [1.807, 2.05) is 0 Å². The largest absolute Gasteiger partial charge is 0.395 e. The predicted molar refractivity (Wildman–Crippen MR) is 140 cm³/mol. The van der Waals surface area contributed by atoms with Gasteiger partial charge in [-0.15, -0.1) is 0 Å². The van der Waals surface area contributed by atoms with Crippen LogP contribution in [0, 0.1) is 0 Å². The van der Waals surface area contributed by atoms with E-state index in [1.165, 1.54) is 44.9 Å². The summed E-state index contributed by atoms with van der Waals surface area (Å²) >= 11 is 0. The topological polar surface area (TPSA) is 181 Å². The molecule has 8 N–H and O–H groups in total. The second-order valence-corrected chi connectivity index (χ2v) is 10.8. The van der Waals surface area contributed by atoms with Gasteiger partial charge in [-0.25, -0.2) is 0 Å². The first kappa shape index (κ1) is 33.8. The highest BCUT2D eigenvalue weighted by molar-refractivity contribution is 4.93. The molecular weight excluding hydrogens is 498 g/mol. The first-order chi connectivity index (χ1) is 18.4. The van der Waals surface area contributed by atoms with Crippen LogP contribution in [0.15, 0.2) is 0 Å². The summed E-state index contributed by atoms with van der Waals surface area (Å²) < 4.78 is 16.6. The highest BCUT2D eigenvalue weighted by Gasteiger charge is 2.44. The summed E-state index contributed by atoms with van der Waals surface area (Å²) in [5, 5.41) is 71.0. The minimum atomic E-state index is -1.40. The number of piperidine rings is 1. The lowest BCUT2D eigenvalue weighted by Crippen LogP contribution is -2.61. The Labute approximate surface area is 227 Å². The molecule has 226 valence electrons. The van der Waals surface area contributed by atoms with Gasteiger partial charge in [-0.2, -0.15) is 0 Å². The molecule has 2 aliphatic heterocycles. The van der Waals surface area contributed by atoms with Gasteiger partial charge >= 0.3 is 0 Å². The molecule has 0 aromatic heterocycles. The van der Waals surface area contributed by atoms with Crippen LogP contribution in [-0.4, -0.2) is 124 Å². The molecule has 0 radical (unpaired) electrons. The third kappa shape index (κ3) is 11.6. The molecule has 0 aromatic rings. The fourth-order valence-electron chi connectivity index (χ4n) is 5.12. The van der Waals surface area contributed by atoms with E-state index in [1.54, 1.807) is 0 Å². The van der Waals surface area contributed by atoms with Gasteiger partial charge in [0.15, 0.2) is 6.29 Å². The van der Waals surface area contributed by atoms with E-state index >= 15 is 0 Å². The zero-order valence-electron chi connectivity index (χ0n) is 22.8. The molecule has 0 spiro atoms. The van der Waals surface area contributed by atoms with E-state index in [-0.39, 0.29) is 19.2 Å². The number of nitrogens with one attached hydrogen (secondary N) is 1. The smallest absolute Gasteiger partial charge is 0.186 e. The van der Waals surface area contributed by atoms with Gasteiger partial charge in [-0.05, 0) is 12.8 Å². The van der Waals surface area contributed by atoms with Crippen LogP contribution < -0.4 is 5.32 Å². The number of hydrogen-bond donors (Lipinski definition) is 8. The zero-order chi connectivity index (χ0) is 27.8. The second-order valence-electron chi connectivity index (χ2n) is 10.8. The van der Waals surface area contributed by atoms with Gasteiger partial charge in [0.05, 0.1) is 25.4 Å². The highest BCUT2D eigenvalue weighted by Crippen LogP contribution is 2.22. The van der Waals surface area contributed by atoms with E-state index in [4.69, 9.17) is 14.2 Å². The lowest BCUT2D eigenvalue weighted by molar-refractivity contribution is -0.301. The van der Waals surface area contributed by atoms with Crippen molar-refractivity contribution in [1.29, 1.82) is 0 Å². The molecule has 2 fully saturated rings. The van der Waals surface area contributed by atoms with Crippen LogP contribution in [0.4, 0.5) is 0 Å². The molecule has 0 aromatic carbocycles. The molecule has 38 heavy (non-hydrogen) atoms. The summed E-state index contributed by atoms with van der Waals surface area (Å²) in [6, 6.07) is -0.340. The van der Waals surface area contributed by atoms with Gasteiger partial charge in [0.1, 0.15) is 36.6 Å². The minimum Gasteiger partial charge on any atom is -0.395 e. The Morgan fingerprint density at radius 1 is 0.579 bits per heavy atom. The molecule has 2 rings (SSSR count). The maximum Gasteiger partial charge on any atom is 0.186 e. The first-order valence-corrected chi connectivity index (χ1v) is 14.6. The number of unbranched alkanes of at least 4 members (excludes halogenated alkanes) is 12. The number of aliphatic hydroxyl groups is 7. The molecule has 2 saturated heterocycles. The van der Waals surface area contributed by atoms with E-state index in [0.29, 0.717) is 13.2 Å². The molecule has 11 nitrogen and oxygen atoms in total. The van der Waals surface area contributed by atoms with Crippen LogP contribution in [0.25, 0.3) is 0 Å². The Balaban J connectivity index is 1.33. The third-order valence-corrected chi connectivity index (χ3v) is 7.64. The van der Waals surface area contributed by atoms with Crippen molar-refractivity contribution < 1.29 is 50.0 Å². The van der Waals surface area contributed by atoms with E-state index in [9.17, 15) is 35.7 Å².